The Kier molecular flexibility index (Phi) is 5.00. The largest absolute Gasteiger partial charge is 0.349 e. The molecule has 0 atom stereocenters. The van der Waals surface area contributed by atoms with E-state index in [1.54, 1.807) is 5.06 Å². The molecule has 4 nitrogen and oxygen atoms in total. The predicted octanol–water partition coefficient (Wildman–Crippen LogP) is 4.36. The van der Waals surface area contributed by atoms with Crippen molar-refractivity contribution < 1.29 is 14.7 Å². The second-order valence-electron chi connectivity index (χ2n) is 8.46. The van der Waals surface area contributed by atoms with Crippen molar-refractivity contribution in [3.05, 3.63) is 0 Å². The van der Waals surface area contributed by atoms with Gasteiger partial charge in [0.05, 0.1) is 18.8 Å². The van der Waals surface area contributed by atoms with Crippen LogP contribution in [0.1, 0.15) is 80.1 Å². The van der Waals surface area contributed by atoms with E-state index in [2.05, 4.69) is 41.5 Å². The zero-order chi connectivity index (χ0) is 16.6. The lowest BCUT2D eigenvalue weighted by atomic mass is 9.72. The second-order valence-corrected chi connectivity index (χ2v) is 8.46. The first-order valence-electron chi connectivity index (χ1n) is 8.94. The Hall–Kier alpha value is -0.160. The smallest absolute Gasteiger partial charge is 0.172 e. The van der Waals surface area contributed by atoms with Crippen molar-refractivity contribution in [2.24, 2.45) is 5.41 Å². The molecule has 0 saturated carbocycles. The summed E-state index contributed by atoms with van der Waals surface area (Å²) in [4.78, 5) is 0. The molecule has 130 valence electrons. The van der Waals surface area contributed by atoms with E-state index < -0.39 is 5.79 Å². The number of rotatable bonds is 4. The third kappa shape index (κ3) is 3.08. The molecule has 2 aliphatic heterocycles. The van der Waals surface area contributed by atoms with Gasteiger partial charge in [-0.25, -0.2) is 0 Å². The zero-order valence-corrected chi connectivity index (χ0v) is 15.4. The Balaban J connectivity index is 2.22. The van der Waals surface area contributed by atoms with Crippen LogP contribution in [0.2, 0.25) is 0 Å². The minimum Gasteiger partial charge on any atom is -0.349 e. The molecule has 2 saturated heterocycles. The fourth-order valence-corrected chi connectivity index (χ4v) is 4.46. The van der Waals surface area contributed by atoms with E-state index in [-0.39, 0.29) is 16.5 Å². The van der Waals surface area contributed by atoms with Gasteiger partial charge in [0, 0.05) is 23.8 Å². The molecule has 0 bridgehead atoms. The van der Waals surface area contributed by atoms with Gasteiger partial charge in [-0.2, -0.15) is 5.06 Å². The Morgan fingerprint density at radius 1 is 0.955 bits per heavy atom. The summed E-state index contributed by atoms with van der Waals surface area (Å²) in [6.45, 7) is 14.4. The van der Waals surface area contributed by atoms with E-state index in [1.807, 2.05) is 0 Å². The summed E-state index contributed by atoms with van der Waals surface area (Å²) in [6, 6.07) is 0. The molecule has 0 radical (unpaired) electrons. The van der Waals surface area contributed by atoms with E-state index >= 15 is 0 Å². The molecule has 4 heteroatoms. The second kappa shape index (κ2) is 6.04. The van der Waals surface area contributed by atoms with Crippen LogP contribution in [0.4, 0.5) is 0 Å². The van der Waals surface area contributed by atoms with E-state index in [4.69, 9.17) is 9.47 Å². The van der Waals surface area contributed by atoms with Crippen LogP contribution in [-0.2, 0) is 9.47 Å². The van der Waals surface area contributed by atoms with Crippen molar-refractivity contribution in [3.63, 3.8) is 0 Å². The average molecular weight is 313 g/mol. The maximum Gasteiger partial charge on any atom is 0.172 e. The lowest BCUT2D eigenvalue weighted by molar-refractivity contribution is -0.377. The van der Waals surface area contributed by atoms with E-state index in [0.717, 1.165) is 45.3 Å². The van der Waals surface area contributed by atoms with Crippen molar-refractivity contribution in [2.75, 3.05) is 13.2 Å². The maximum atomic E-state index is 10.8. The minimum absolute atomic E-state index is 0.127. The molecule has 2 heterocycles. The molecule has 0 aromatic heterocycles. The van der Waals surface area contributed by atoms with Gasteiger partial charge >= 0.3 is 0 Å². The fraction of sp³-hybridized carbons (Fsp3) is 1.00. The molecular weight excluding hydrogens is 278 g/mol. The van der Waals surface area contributed by atoms with E-state index in [9.17, 15) is 5.21 Å². The summed E-state index contributed by atoms with van der Waals surface area (Å²) in [5, 5.41) is 12.4. The molecule has 2 fully saturated rings. The minimum atomic E-state index is -0.540. The first kappa shape index (κ1) is 18.2. The van der Waals surface area contributed by atoms with Gasteiger partial charge in [-0.05, 0) is 33.1 Å². The normalized spacial score (nSPS) is 38.3. The molecule has 0 aromatic rings. The highest BCUT2D eigenvalue weighted by atomic mass is 16.7. The Labute approximate surface area is 136 Å². The van der Waals surface area contributed by atoms with Crippen LogP contribution < -0.4 is 0 Å². The molecule has 0 aliphatic carbocycles. The predicted molar refractivity (Wildman–Crippen MR) is 87.9 cm³/mol. The van der Waals surface area contributed by atoms with Crippen molar-refractivity contribution in [1.82, 2.24) is 5.06 Å². The molecule has 0 unspecified atom stereocenters. The summed E-state index contributed by atoms with van der Waals surface area (Å²) < 4.78 is 12.7. The molecule has 1 N–H and O–H groups in total. The van der Waals surface area contributed by atoms with Gasteiger partial charge in [0.1, 0.15) is 0 Å². The molecule has 2 rings (SSSR count). The first-order chi connectivity index (χ1) is 10.2. The maximum absolute atomic E-state index is 10.8. The molecule has 2 aliphatic rings. The fourth-order valence-electron chi connectivity index (χ4n) is 4.46. The third-order valence-electron chi connectivity index (χ3n) is 5.86. The van der Waals surface area contributed by atoms with Crippen LogP contribution in [0.3, 0.4) is 0 Å². The van der Waals surface area contributed by atoms with Gasteiger partial charge in [0.2, 0.25) is 0 Å². The van der Waals surface area contributed by atoms with Crippen LogP contribution in [0.5, 0.6) is 0 Å². The zero-order valence-electron chi connectivity index (χ0n) is 15.4. The summed E-state index contributed by atoms with van der Waals surface area (Å²) in [5.41, 5.74) is -0.482. The number of hydrogen-bond acceptors (Lipinski definition) is 4. The Bertz CT molecular complexity index is 382. The highest BCUT2D eigenvalue weighted by Crippen LogP contribution is 2.50. The molecular formula is C18H35NO3. The van der Waals surface area contributed by atoms with Crippen molar-refractivity contribution >= 4 is 0 Å². The standard InChI is InChI=1S/C18H35NO3/c1-7-10-16(6)13-21-18(22-14-16)11-15(4,5)19(20)17(8-2,9-3)12-18/h20H,7-14H2,1-6H3. The summed E-state index contributed by atoms with van der Waals surface area (Å²) in [7, 11) is 0. The highest BCUT2D eigenvalue weighted by Gasteiger charge is 2.58. The van der Waals surface area contributed by atoms with Gasteiger partial charge in [0.25, 0.3) is 0 Å². The molecule has 0 aromatic carbocycles. The van der Waals surface area contributed by atoms with Gasteiger partial charge in [-0.15, -0.1) is 0 Å². The summed E-state index contributed by atoms with van der Waals surface area (Å²) in [6.07, 6.45) is 5.52. The highest BCUT2D eigenvalue weighted by molar-refractivity contribution is 5.05. The van der Waals surface area contributed by atoms with Crippen LogP contribution in [0.25, 0.3) is 0 Å². The average Bonchev–Trinajstić information content (AvgIpc) is 2.47. The van der Waals surface area contributed by atoms with E-state index in [0.29, 0.717) is 6.42 Å². The van der Waals surface area contributed by atoms with Crippen LogP contribution >= 0.6 is 0 Å². The van der Waals surface area contributed by atoms with Crippen molar-refractivity contribution in [1.29, 1.82) is 0 Å². The van der Waals surface area contributed by atoms with Gasteiger partial charge in [-0.3, -0.25) is 0 Å². The van der Waals surface area contributed by atoms with Crippen LogP contribution in [-0.4, -0.2) is 40.3 Å². The third-order valence-corrected chi connectivity index (χ3v) is 5.86. The molecule has 22 heavy (non-hydrogen) atoms. The van der Waals surface area contributed by atoms with Gasteiger partial charge in [0.15, 0.2) is 5.79 Å². The quantitative estimate of drug-likeness (QED) is 0.837. The topological polar surface area (TPSA) is 41.9 Å². The van der Waals surface area contributed by atoms with Crippen molar-refractivity contribution in [2.45, 2.75) is 96.9 Å². The Morgan fingerprint density at radius 3 is 1.95 bits per heavy atom. The van der Waals surface area contributed by atoms with Gasteiger partial charge < -0.3 is 14.7 Å². The van der Waals surface area contributed by atoms with Crippen LogP contribution in [0, 0.1) is 5.41 Å². The SMILES string of the molecule is CCCC1(C)COC2(CC(C)(C)N(O)C(CC)(CC)C2)OC1. The monoisotopic (exact) mass is 313 g/mol. The number of hydrogen-bond donors (Lipinski definition) is 1. The van der Waals surface area contributed by atoms with E-state index in [1.165, 1.54) is 0 Å². The lowest BCUT2D eigenvalue weighted by Crippen LogP contribution is -2.68. The summed E-state index contributed by atoms with van der Waals surface area (Å²) >= 11 is 0. The van der Waals surface area contributed by atoms with Crippen LogP contribution in [0.15, 0.2) is 0 Å². The number of ether oxygens (including phenoxy) is 2. The lowest BCUT2D eigenvalue weighted by Gasteiger charge is -2.59. The summed E-state index contributed by atoms with van der Waals surface area (Å²) in [5.74, 6) is -0.540. The van der Waals surface area contributed by atoms with Gasteiger partial charge in [-0.1, -0.05) is 34.1 Å². The number of hydroxylamine groups is 2. The molecule has 1 spiro atoms. The van der Waals surface area contributed by atoms with Crippen molar-refractivity contribution in [3.8, 4) is 0 Å². The Morgan fingerprint density at radius 2 is 1.50 bits per heavy atom. The number of piperidine rings is 1. The first-order valence-corrected chi connectivity index (χ1v) is 8.94. The molecule has 0 amide bonds. The number of nitrogens with zero attached hydrogens (tertiary/aromatic N) is 1.